The fraction of sp³-hybridized carbons (Fsp3) is 0.417. The molecule has 1 aliphatic heterocycles. The summed E-state index contributed by atoms with van der Waals surface area (Å²) in [6.07, 6.45) is 0.701. The molecule has 6 nitrogen and oxygen atoms in total. The van der Waals surface area contributed by atoms with E-state index in [4.69, 9.17) is 4.74 Å². The zero-order valence-corrected chi connectivity index (χ0v) is 17.9. The molecule has 2 aromatic carbocycles. The average molecular weight is 428 g/mol. The summed E-state index contributed by atoms with van der Waals surface area (Å²) in [5.74, 6) is 0.0110. The number of hydrogen-bond donors (Lipinski definition) is 2. The van der Waals surface area contributed by atoms with E-state index in [0.29, 0.717) is 38.4 Å². The van der Waals surface area contributed by atoms with Gasteiger partial charge in [-0.05, 0) is 24.1 Å². The highest BCUT2D eigenvalue weighted by molar-refractivity contribution is 5.79. The number of hydrogen-bond acceptors (Lipinski definition) is 4. The van der Waals surface area contributed by atoms with Crippen LogP contribution in [-0.2, 0) is 16.1 Å². The van der Waals surface area contributed by atoms with E-state index < -0.39 is 0 Å². The Balaban J connectivity index is 1.60. The lowest BCUT2D eigenvalue weighted by molar-refractivity contribution is -0.128. The Bertz CT molecular complexity index is 862. The summed E-state index contributed by atoms with van der Waals surface area (Å²) in [5, 5.41) is 5.61. The van der Waals surface area contributed by atoms with Crippen molar-refractivity contribution in [3.63, 3.8) is 0 Å². The van der Waals surface area contributed by atoms with E-state index in [2.05, 4.69) is 27.7 Å². The molecular formula is C24H30FN3O3. The highest BCUT2D eigenvalue weighted by Gasteiger charge is 2.32. The maximum absolute atomic E-state index is 13.4. The minimum atomic E-state index is -0.330. The second-order valence-electron chi connectivity index (χ2n) is 8.02. The third-order valence-electron chi connectivity index (χ3n) is 5.31. The molecule has 0 unspecified atom stereocenters. The normalized spacial score (nSPS) is 18.9. The minimum Gasteiger partial charge on any atom is -0.493 e. The van der Waals surface area contributed by atoms with Crippen LogP contribution in [0.1, 0.15) is 18.9 Å². The fourth-order valence-electron chi connectivity index (χ4n) is 3.92. The monoisotopic (exact) mass is 427 g/mol. The average Bonchev–Trinajstić information content (AvgIpc) is 2.75. The molecule has 0 bridgehead atoms. The van der Waals surface area contributed by atoms with Crippen LogP contribution in [0, 0.1) is 17.7 Å². The van der Waals surface area contributed by atoms with Gasteiger partial charge in [0, 0.05) is 51.6 Å². The van der Waals surface area contributed by atoms with Crippen molar-refractivity contribution < 1.29 is 18.7 Å². The molecular weight excluding hydrogens is 397 g/mol. The molecule has 0 aliphatic carbocycles. The Morgan fingerprint density at radius 2 is 1.84 bits per heavy atom. The van der Waals surface area contributed by atoms with E-state index in [1.807, 2.05) is 18.2 Å². The van der Waals surface area contributed by atoms with Crippen molar-refractivity contribution in [2.45, 2.75) is 19.9 Å². The summed E-state index contributed by atoms with van der Waals surface area (Å²) in [6.45, 7) is 4.91. The number of benzene rings is 2. The van der Waals surface area contributed by atoms with E-state index in [9.17, 15) is 14.0 Å². The molecule has 0 aromatic heterocycles. The van der Waals surface area contributed by atoms with Crippen molar-refractivity contribution in [1.82, 2.24) is 15.5 Å². The van der Waals surface area contributed by atoms with Crippen LogP contribution in [0.25, 0.3) is 0 Å². The van der Waals surface area contributed by atoms with Crippen LogP contribution < -0.4 is 15.4 Å². The second-order valence-corrected chi connectivity index (χ2v) is 8.02. The smallest absolute Gasteiger partial charge is 0.224 e. The molecule has 31 heavy (non-hydrogen) atoms. The van der Waals surface area contributed by atoms with Crippen LogP contribution in [0.2, 0.25) is 0 Å². The fourth-order valence-corrected chi connectivity index (χ4v) is 3.92. The summed E-state index contributed by atoms with van der Waals surface area (Å²) >= 11 is 0. The Morgan fingerprint density at radius 1 is 1.06 bits per heavy atom. The van der Waals surface area contributed by atoms with E-state index in [-0.39, 0.29) is 29.5 Å². The third-order valence-corrected chi connectivity index (χ3v) is 5.31. The van der Waals surface area contributed by atoms with Gasteiger partial charge in [0.15, 0.2) is 0 Å². The van der Waals surface area contributed by atoms with Gasteiger partial charge in [0.1, 0.15) is 11.6 Å². The first-order valence-electron chi connectivity index (χ1n) is 10.7. The van der Waals surface area contributed by atoms with Crippen molar-refractivity contribution in [1.29, 1.82) is 0 Å². The SMILES string of the molecule is CC(=O)NCCNC(=O)[C@@H]1C[C@H](COc2cccc(F)c2)CN(Cc2ccccc2)C1. The predicted octanol–water partition coefficient (Wildman–Crippen LogP) is 2.60. The standard InChI is InChI=1S/C24H30FN3O3/c1-18(29)26-10-11-27-24(30)21-12-20(17-31-23-9-5-8-22(25)13-23)15-28(16-21)14-19-6-3-2-4-7-19/h2-9,13,20-21H,10-12,14-17H2,1H3,(H,26,29)(H,27,30)/t20-,21+/m0/s1. The maximum atomic E-state index is 13.4. The Hall–Kier alpha value is -2.93. The van der Waals surface area contributed by atoms with Crippen LogP contribution in [0.4, 0.5) is 4.39 Å². The number of ether oxygens (including phenoxy) is 1. The minimum absolute atomic E-state index is 0.0149. The highest BCUT2D eigenvalue weighted by atomic mass is 19.1. The lowest BCUT2D eigenvalue weighted by atomic mass is 9.88. The summed E-state index contributed by atoms with van der Waals surface area (Å²) in [4.78, 5) is 26.0. The summed E-state index contributed by atoms with van der Waals surface area (Å²) < 4.78 is 19.3. The molecule has 2 amide bonds. The molecule has 1 fully saturated rings. The number of halogens is 1. The van der Waals surface area contributed by atoms with E-state index in [1.54, 1.807) is 12.1 Å². The number of nitrogens with zero attached hydrogens (tertiary/aromatic N) is 1. The molecule has 0 spiro atoms. The molecule has 1 saturated heterocycles. The van der Waals surface area contributed by atoms with Gasteiger partial charge in [-0.15, -0.1) is 0 Å². The van der Waals surface area contributed by atoms with Gasteiger partial charge in [0.2, 0.25) is 11.8 Å². The zero-order chi connectivity index (χ0) is 22.1. The van der Waals surface area contributed by atoms with E-state index >= 15 is 0 Å². The first-order valence-corrected chi connectivity index (χ1v) is 10.7. The number of carbonyl (C=O) groups excluding carboxylic acids is 2. The topological polar surface area (TPSA) is 70.7 Å². The van der Waals surface area contributed by atoms with Crippen LogP contribution in [-0.4, -0.2) is 49.5 Å². The molecule has 2 N–H and O–H groups in total. The molecule has 1 heterocycles. The molecule has 3 rings (SSSR count). The van der Waals surface area contributed by atoms with Crippen molar-refractivity contribution in [2.75, 3.05) is 32.8 Å². The van der Waals surface area contributed by atoms with Crippen LogP contribution in [0.15, 0.2) is 54.6 Å². The Kier molecular flexibility index (Phi) is 8.41. The van der Waals surface area contributed by atoms with Gasteiger partial charge in [-0.3, -0.25) is 14.5 Å². The predicted molar refractivity (Wildman–Crippen MR) is 117 cm³/mol. The summed E-state index contributed by atoms with van der Waals surface area (Å²) in [6, 6.07) is 16.3. The van der Waals surface area contributed by atoms with Crippen LogP contribution >= 0.6 is 0 Å². The number of likely N-dealkylation sites (tertiary alicyclic amines) is 1. The van der Waals surface area contributed by atoms with Gasteiger partial charge in [-0.1, -0.05) is 36.4 Å². The number of rotatable bonds is 9. The number of nitrogens with one attached hydrogen (secondary N) is 2. The van der Waals surface area contributed by atoms with E-state index in [0.717, 1.165) is 13.1 Å². The first-order chi connectivity index (χ1) is 15.0. The lowest BCUT2D eigenvalue weighted by Gasteiger charge is -2.37. The van der Waals surface area contributed by atoms with Crippen LogP contribution in [0.5, 0.6) is 5.75 Å². The Labute approximate surface area is 182 Å². The molecule has 2 atom stereocenters. The van der Waals surface area contributed by atoms with Crippen LogP contribution in [0.3, 0.4) is 0 Å². The van der Waals surface area contributed by atoms with Gasteiger partial charge in [-0.2, -0.15) is 0 Å². The summed E-state index contributed by atoms with van der Waals surface area (Å²) in [5.41, 5.74) is 1.19. The second kappa shape index (κ2) is 11.5. The number of piperidine rings is 1. The molecule has 0 saturated carbocycles. The number of carbonyl (C=O) groups is 2. The van der Waals surface area contributed by atoms with Crippen molar-refractivity contribution in [3.05, 3.63) is 66.0 Å². The third kappa shape index (κ3) is 7.68. The summed E-state index contributed by atoms with van der Waals surface area (Å²) in [7, 11) is 0. The zero-order valence-electron chi connectivity index (χ0n) is 17.9. The molecule has 0 radical (unpaired) electrons. The molecule has 166 valence electrons. The van der Waals surface area contributed by atoms with Gasteiger partial charge in [0.05, 0.1) is 12.5 Å². The maximum Gasteiger partial charge on any atom is 0.224 e. The van der Waals surface area contributed by atoms with Gasteiger partial charge >= 0.3 is 0 Å². The van der Waals surface area contributed by atoms with Crippen molar-refractivity contribution >= 4 is 11.8 Å². The van der Waals surface area contributed by atoms with Gasteiger partial charge < -0.3 is 15.4 Å². The van der Waals surface area contributed by atoms with Gasteiger partial charge in [0.25, 0.3) is 0 Å². The number of amides is 2. The molecule has 1 aliphatic rings. The highest BCUT2D eigenvalue weighted by Crippen LogP contribution is 2.25. The van der Waals surface area contributed by atoms with E-state index in [1.165, 1.54) is 24.6 Å². The van der Waals surface area contributed by atoms with Crippen molar-refractivity contribution in [3.8, 4) is 5.75 Å². The largest absolute Gasteiger partial charge is 0.493 e. The molecule has 7 heteroatoms. The first kappa shape index (κ1) is 22.7. The Morgan fingerprint density at radius 3 is 2.58 bits per heavy atom. The van der Waals surface area contributed by atoms with Crippen molar-refractivity contribution in [2.24, 2.45) is 11.8 Å². The lowest BCUT2D eigenvalue weighted by Crippen LogP contribution is -2.48. The quantitative estimate of drug-likeness (QED) is 0.604. The molecule has 2 aromatic rings. The van der Waals surface area contributed by atoms with Gasteiger partial charge in [-0.25, -0.2) is 4.39 Å².